The molecular formula is C18H20N4O5. The van der Waals surface area contributed by atoms with E-state index in [4.69, 9.17) is 5.11 Å². The standard InChI is InChI=1S/C18H20N4O5/c1-11(15-9-13(18(24)25)7-8-19-15)21-12(2)17(23)20-10-14-5-3-4-6-16(14)22(26)27/h3-9,11-12,21H,10H2,1-2H3,(H,20,23)(H,24,25)/t11?,12-/m0/s1. The van der Waals surface area contributed by atoms with E-state index in [1.54, 1.807) is 32.0 Å². The fraction of sp³-hybridized carbons (Fsp3) is 0.278. The molecule has 2 atom stereocenters. The average Bonchev–Trinajstić information content (AvgIpc) is 2.66. The minimum absolute atomic E-state index is 0.0309. The molecule has 0 radical (unpaired) electrons. The lowest BCUT2D eigenvalue weighted by atomic mass is 10.1. The van der Waals surface area contributed by atoms with Crippen molar-refractivity contribution in [3.05, 3.63) is 69.5 Å². The molecule has 2 rings (SSSR count). The van der Waals surface area contributed by atoms with Crippen molar-refractivity contribution in [2.45, 2.75) is 32.5 Å². The molecule has 1 amide bonds. The normalized spacial score (nSPS) is 12.8. The van der Waals surface area contributed by atoms with E-state index >= 15 is 0 Å². The molecule has 0 saturated heterocycles. The Morgan fingerprint density at radius 3 is 2.63 bits per heavy atom. The number of carboxylic acid groups (broad SMARTS) is 1. The van der Waals surface area contributed by atoms with E-state index in [0.29, 0.717) is 11.3 Å². The maximum Gasteiger partial charge on any atom is 0.335 e. The SMILES string of the molecule is CC(N[C@@H](C)C(=O)NCc1ccccc1[N+](=O)[O-])c1cc(C(=O)O)ccn1. The fourth-order valence-corrected chi connectivity index (χ4v) is 2.53. The van der Waals surface area contributed by atoms with Crippen molar-refractivity contribution in [3.63, 3.8) is 0 Å². The number of carbonyl (C=O) groups is 2. The molecule has 27 heavy (non-hydrogen) atoms. The molecule has 0 fully saturated rings. The van der Waals surface area contributed by atoms with E-state index in [1.807, 2.05) is 0 Å². The smallest absolute Gasteiger partial charge is 0.335 e. The van der Waals surface area contributed by atoms with Gasteiger partial charge < -0.3 is 10.4 Å². The molecule has 0 aliphatic heterocycles. The first-order chi connectivity index (χ1) is 12.8. The lowest BCUT2D eigenvalue weighted by Crippen LogP contribution is -2.43. The third-order valence-corrected chi connectivity index (χ3v) is 4.01. The van der Waals surface area contributed by atoms with E-state index in [1.165, 1.54) is 24.4 Å². The van der Waals surface area contributed by atoms with Crippen LogP contribution in [0.3, 0.4) is 0 Å². The molecule has 1 aromatic heterocycles. The number of hydrogen-bond donors (Lipinski definition) is 3. The average molecular weight is 372 g/mol. The van der Waals surface area contributed by atoms with Gasteiger partial charge in [-0.25, -0.2) is 4.79 Å². The molecule has 0 saturated carbocycles. The van der Waals surface area contributed by atoms with Gasteiger partial charge in [0.25, 0.3) is 5.69 Å². The van der Waals surface area contributed by atoms with Crippen molar-refractivity contribution in [1.82, 2.24) is 15.6 Å². The number of para-hydroxylation sites is 1. The lowest BCUT2D eigenvalue weighted by Gasteiger charge is -2.19. The summed E-state index contributed by atoms with van der Waals surface area (Å²) in [5.41, 5.74) is 0.962. The molecule has 1 unspecified atom stereocenters. The first-order valence-electron chi connectivity index (χ1n) is 8.25. The number of aromatic carboxylic acids is 1. The van der Waals surface area contributed by atoms with E-state index < -0.39 is 16.9 Å². The van der Waals surface area contributed by atoms with Gasteiger partial charge in [0.1, 0.15) is 0 Å². The number of carboxylic acids is 1. The number of amides is 1. The molecule has 1 heterocycles. The highest BCUT2D eigenvalue weighted by Gasteiger charge is 2.19. The summed E-state index contributed by atoms with van der Waals surface area (Å²) >= 11 is 0. The summed E-state index contributed by atoms with van der Waals surface area (Å²) in [6.07, 6.45) is 1.40. The topological polar surface area (TPSA) is 134 Å². The number of nitrogens with zero attached hydrogens (tertiary/aromatic N) is 2. The van der Waals surface area contributed by atoms with Crippen molar-refractivity contribution in [1.29, 1.82) is 0 Å². The third-order valence-electron chi connectivity index (χ3n) is 4.01. The minimum Gasteiger partial charge on any atom is -0.478 e. The Kier molecular flexibility index (Phi) is 6.56. The Balaban J connectivity index is 1.97. The Bertz CT molecular complexity index is 855. The van der Waals surface area contributed by atoms with Crippen LogP contribution in [-0.4, -0.2) is 32.9 Å². The summed E-state index contributed by atoms with van der Waals surface area (Å²) in [5.74, 6) is -1.39. The molecule has 0 bridgehead atoms. The number of pyridine rings is 1. The Labute approximate surface area is 155 Å². The van der Waals surface area contributed by atoms with Gasteiger partial charge in [-0.2, -0.15) is 0 Å². The molecule has 142 valence electrons. The summed E-state index contributed by atoms with van der Waals surface area (Å²) in [7, 11) is 0. The number of rotatable bonds is 8. The van der Waals surface area contributed by atoms with E-state index in [9.17, 15) is 19.7 Å². The highest BCUT2D eigenvalue weighted by Crippen LogP contribution is 2.17. The van der Waals surface area contributed by atoms with Crippen LogP contribution in [0.25, 0.3) is 0 Å². The maximum atomic E-state index is 12.3. The van der Waals surface area contributed by atoms with Crippen molar-refractivity contribution >= 4 is 17.6 Å². The summed E-state index contributed by atoms with van der Waals surface area (Å²) in [5, 5.41) is 25.7. The van der Waals surface area contributed by atoms with Gasteiger partial charge in [0, 0.05) is 30.4 Å². The number of aromatic nitrogens is 1. The number of nitro groups is 1. The highest BCUT2D eigenvalue weighted by atomic mass is 16.6. The highest BCUT2D eigenvalue weighted by molar-refractivity contribution is 5.87. The van der Waals surface area contributed by atoms with Crippen LogP contribution in [0.5, 0.6) is 0 Å². The van der Waals surface area contributed by atoms with Gasteiger partial charge >= 0.3 is 5.97 Å². The van der Waals surface area contributed by atoms with Crippen LogP contribution in [0.1, 0.15) is 41.5 Å². The molecule has 0 spiro atoms. The Morgan fingerprint density at radius 1 is 1.26 bits per heavy atom. The molecule has 3 N–H and O–H groups in total. The monoisotopic (exact) mass is 372 g/mol. The second kappa shape index (κ2) is 8.86. The second-order valence-electron chi connectivity index (χ2n) is 5.99. The molecule has 1 aromatic carbocycles. The zero-order valence-corrected chi connectivity index (χ0v) is 14.9. The lowest BCUT2D eigenvalue weighted by molar-refractivity contribution is -0.385. The third kappa shape index (κ3) is 5.32. The predicted octanol–water partition coefficient (Wildman–Crippen LogP) is 2.04. The molecular weight excluding hydrogens is 352 g/mol. The molecule has 0 aliphatic rings. The van der Waals surface area contributed by atoms with Gasteiger partial charge in [-0.15, -0.1) is 0 Å². The second-order valence-corrected chi connectivity index (χ2v) is 5.99. The summed E-state index contributed by atoms with van der Waals surface area (Å²) in [6.45, 7) is 3.44. The zero-order chi connectivity index (χ0) is 20.0. The Morgan fingerprint density at radius 2 is 1.96 bits per heavy atom. The van der Waals surface area contributed by atoms with E-state index in [2.05, 4.69) is 15.6 Å². The van der Waals surface area contributed by atoms with Crippen molar-refractivity contribution in [2.24, 2.45) is 0 Å². The largest absolute Gasteiger partial charge is 0.478 e. The quantitative estimate of drug-likeness (QED) is 0.477. The number of benzene rings is 1. The van der Waals surface area contributed by atoms with Crippen LogP contribution < -0.4 is 10.6 Å². The number of carbonyl (C=O) groups excluding carboxylic acids is 1. The van der Waals surface area contributed by atoms with Gasteiger partial charge in [0.15, 0.2) is 0 Å². The Hall–Kier alpha value is -3.33. The molecule has 9 nitrogen and oxygen atoms in total. The number of nitro benzene ring substituents is 1. The number of nitrogens with one attached hydrogen (secondary N) is 2. The van der Waals surface area contributed by atoms with Gasteiger partial charge in [0.05, 0.1) is 22.2 Å². The molecule has 2 aromatic rings. The van der Waals surface area contributed by atoms with Crippen LogP contribution in [0.2, 0.25) is 0 Å². The van der Waals surface area contributed by atoms with E-state index in [-0.39, 0.29) is 29.7 Å². The van der Waals surface area contributed by atoms with Crippen LogP contribution in [0.4, 0.5) is 5.69 Å². The first kappa shape index (κ1) is 20.0. The maximum absolute atomic E-state index is 12.3. The summed E-state index contributed by atoms with van der Waals surface area (Å²) in [6, 6.07) is 8.05. The van der Waals surface area contributed by atoms with Gasteiger partial charge in [-0.3, -0.25) is 25.2 Å². The number of hydrogen-bond acceptors (Lipinski definition) is 6. The van der Waals surface area contributed by atoms with E-state index in [0.717, 1.165) is 0 Å². The van der Waals surface area contributed by atoms with Gasteiger partial charge in [0.2, 0.25) is 5.91 Å². The molecule has 0 aliphatic carbocycles. The minimum atomic E-state index is -1.05. The summed E-state index contributed by atoms with van der Waals surface area (Å²) in [4.78, 5) is 38.0. The van der Waals surface area contributed by atoms with Gasteiger partial charge in [-0.1, -0.05) is 18.2 Å². The van der Waals surface area contributed by atoms with Crippen LogP contribution in [0, 0.1) is 10.1 Å². The summed E-state index contributed by atoms with van der Waals surface area (Å²) < 4.78 is 0. The zero-order valence-electron chi connectivity index (χ0n) is 14.9. The van der Waals surface area contributed by atoms with Crippen molar-refractivity contribution in [2.75, 3.05) is 0 Å². The predicted molar refractivity (Wildman–Crippen MR) is 97.2 cm³/mol. The van der Waals surface area contributed by atoms with Gasteiger partial charge in [-0.05, 0) is 26.0 Å². The molecule has 9 heteroatoms. The fourth-order valence-electron chi connectivity index (χ4n) is 2.53. The first-order valence-corrected chi connectivity index (χ1v) is 8.25. The van der Waals surface area contributed by atoms with Crippen LogP contribution >= 0.6 is 0 Å². The van der Waals surface area contributed by atoms with Crippen LogP contribution in [0.15, 0.2) is 42.6 Å². The van der Waals surface area contributed by atoms with Crippen molar-refractivity contribution < 1.29 is 19.6 Å². The van der Waals surface area contributed by atoms with Crippen molar-refractivity contribution in [3.8, 4) is 0 Å². The van der Waals surface area contributed by atoms with Crippen LogP contribution in [-0.2, 0) is 11.3 Å².